The second-order valence-electron chi connectivity index (χ2n) is 4.48. The van der Waals surface area contributed by atoms with Gasteiger partial charge in [0.15, 0.2) is 5.66 Å². The summed E-state index contributed by atoms with van der Waals surface area (Å²) in [5.41, 5.74) is 2.71. The molecule has 0 aromatic heterocycles. The zero-order chi connectivity index (χ0) is 9.47. The molecule has 1 spiro atoms. The molecule has 72 valence electrons. The minimum absolute atomic E-state index is 0.0431. The van der Waals surface area contributed by atoms with Crippen LogP contribution in [0.5, 0.6) is 0 Å². The summed E-state index contributed by atoms with van der Waals surface area (Å²) in [5.74, 6) is 0.687. The van der Waals surface area contributed by atoms with E-state index in [1.54, 1.807) is 0 Å². The van der Waals surface area contributed by atoms with Crippen LogP contribution >= 0.6 is 0 Å². The van der Waals surface area contributed by atoms with Crippen LogP contribution in [0.15, 0.2) is 9.98 Å². The summed E-state index contributed by atoms with van der Waals surface area (Å²) < 4.78 is 0. The van der Waals surface area contributed by atoms with Crippen molar-refractivity contribution in [2.75, 3.05) is 0 Å². The second kappa shape index (κ2) is 2.93. The molecule has 2 nitrogen and oxygen atoms in total. The van der Waals surface area contributed by atoms with Gasteiger partial charge in [-0.3, -0.25) is 9.98 Å². The molecule has 13 heavy (non-hydrogen) atoms. The Bertz CT molecular complexity index is 278. The first kappa shape index (κ1) is 8.92. The molecule has 0 N–H and O–H groups in total. The third-order valence-corrected chi connectivity index (χ3v) is 3.04. The molecule has 0 bridgehead atoms. The maximum absolute atomic E-state index is 4.66. The van der Waals surface area contributed by atoms with Crippen molar-refractivity contribution in [1.82, 2.24) is 0 Å². The highest BCUT2D eigenvalue weighted by Gasteiger charge is 2.45. The lowest BCUT2D eigenvalue weighted by Crippen LogP contribution is -2.47. The van der Waals surface area contributed by atoms with E-state index in [2.05, 4.69) is 30.8 Å². The molecule has 0 aromatic rings. The molecule has 2 heteroatoms. The van der Waals surface area contributed by atoms with E-state index in [9.17, 15) is 0 Å². The van der Waals surface area contributed by atoms with Gasteiger partial charge in [-0.1, -0.05) is 20.3 Å². The van der Waals surface area contributed by atoms with Gasteiger partial charge in [-0.15, -0.1) is 0 Å². The lowest BCUT2D eigenvalue weighted by molar-refractivity contribution is 0.383. The lowest BCUT2D eigenvalue weighted by atomic mass is 9.80. The first-order valence-electron chi connectivity index (χ1n) is 5.29. The van der Waals surface area contributed by atoms with E-state index in [1.165, 1.54) is 24.3 Å². The summed E-state index contributed by atoms with van der Waals surface area (Å²) in [7, 11) is 0. The van der Waals surface area contributed by atoms with E-state index in [0.29, 0.717) is 5.92 Å². The van der Waals surface area contributed by atoms with Crippen molar-refractivity contribution in [2.24, 2.45) is 15.9 Å². The lowest BCUT2D eigenvalue weighted by Gasteiger charge is -2.43. The summed E-state index contributed by atoms with van der Waals surface area (Å²) in [6.45, 7) is 6.61. The third-order valence-electron chi connectivity index (χ3n) is 3.04. The SMILES string of the molecule is CCCC(C)C1=NC2(CC(C)=N2)C1. The van der Waals surface area contributed by atoms with Crippen LogP contribution in [0.2, 0.25) is 0 Å². The van der Waals surface area contributed by atoms with Gasteiger partial charge >= 0.3 is 0 Å². The molecule has 2 aliphatic heterocycles. The van der Waals surface area contributed by atoms with Crippen molar-refractivity contribution in [3.63, 3.8) is 0 Å². The molecule has 0 amide bonds. The first-order chi connectivity index (χ1) is 6.15. The summed E-state index contributed by atoms with van der Waals surface area (Å²) in [6, 6.07) is 0. The van der Waals surface area contributed by atoms with Crippen LogP contribution in [-0.2, 0) is 0 Å². The maximum Gasteiger partial charge on any atom is 0.160 e. The minimum atomic E-state index is 0.0431. The Morgan fingerprint density at radius 3 is 2.46 bits per heavy atom. The Morgan fingerprint density at radius 2 is 2.00 bits per heavy atom. The predicted molar refractivity (Wildman–Crippen MR) is 56.6 cm³/mol. The molecule has 2 heterocycles. The van der Waals surface area contributed by atoms with Gasteiger partial charge < -0.3 is 0 Å². The largest absolute Gasteiger partial charge is 0.264 e. The molecule has 2 aliphatic rings. The van der Waals surface area contributed by atoms with E-state index in [0.717, 1.165) is 12.8 Å². The van der Waals surface area contributed by atoms with Crippen molar-refractivity contribution in [3.05, 3.63) is 0 Å². The van der Waals surface area contributed by atoms with Gasteiger partial charge in [-0.05, 0) is 19.3 Å². The highest BCUT2D eigenvalue weighted by atomic mass is 15.2. The molecule has 0 aromatic carbocycles. The molecule has 0 saturated carbocycles. The highest BCUT2D eigenvalue weighted by molar-refractivity contribution is 5.98. The normalized spacial score (nSPS) is 33.2. The summed E-state index contributed by atoms with van der Waals surface area (Å²) in [5, 5.41) is 0. The van der Waals surface area contributed by atoms with Crippen LogP contribution in [0.25, 0.3) is 0 Å². The predicted octanol–water partition coefficient (Wildman–Crippen LogP) is 2.83. The average Bonchev–Trinajstić information content (AvgIpc) is 1.94. The molecule has 0 aliphatic carbocycles. The van der Waals surface area contributed by atoms with E-state index in [4.69, 9.17) is 0 Å². The Kier molecular flexibility index (Phi) is 2.01. The standard InChI is InChI=1S/C11H18N2/c1-4-5-8(2)10-7-11(13-10)6-9(3)12-11/h8H,4-7H2,1-3H3. The van der Waals surface area contributed by atoms with Gasteiger partial charge in [0, 0.05) is 24.3 Å². The number of hydrogen-bond acceptors (Lipinski definition) is 2. The van der Waals surface area contributed by atoms with Crippen molar-refractivity contribution in [1.29, 1.82) is 0 Å². The zero-order valence-electron chi connectivity index (χ0n) is 8.80. The van der Waals surface area contributed by atoms with Crippen molar-refractivity contribution >= 4 is 11.4 Å². The monoisotopic (exact) mass is 178 g/mol. The van der Waals surface area contributed by atoms with Gasteiger partial charge in [-0.2, -0.15) is 0 Å². The topological polar surface area (TPSA) is 24.7 Å². The second-order valence-corrected chi connectivity index (χ2v) is 4.48. The van der Waals surface area contributed by atoms with Gasteiger partial charge in [0.1, 0.15) is 0 Å². The van der Waals surface area contributed by atoms with Crippen molar-refractivity contribution in [3.8, 4) is 0 Å². The Balaban J connectivity index is 1.94. The Hall–Kier alpha value is -0.660. The smallest absolute Gasteiger partial charge is 0.160 e. The van der Waals surface area contributed by atoms with Crippen LogP contribution in [0.4, 0.5) is 0 Å². The molecular weight excluding hydrogens is 160 g/mol. The van der Waals surface area contributed by atoms with Gasteiger partial charge in [0.25, 0.3) is 0 Å². The minimum Gasteiger partial charge on any atom is -0.264 e. The van der Waals surface area contributed by atoms with E-state index in [-0.39, 0.29) is 5.66 Å². The van der Waals surface area contributed by atoms with Crippen LogP contribution in [0.1, 0.15) is 46.5 Å². The summed E-state index contributed by atoms with van der Waals surface area (Å²) >= 11 is 0. The number of nitrogens with zero attached hydrogens (tertiary/aromatic N) is 2. The van der Waals surface area contributed by atoms with E-state index >= 15 is 0 Å². The number of rotatable bonds is 3. The third kappa shape index (κ3) is 1.43. The Morgan fingerprint density at radius 1 is 1.38 bits per heavy atom. The summed E-state index contributed by atoms with van der Waals surface area (Å²) in [6.07, 6.45) is 4.77. The fourth-order valence-corrected chi connectivity index (χ4v) is 2.35. The van der Waals surface area contributed by atoms with Crippen LogP contribution < -0.4 is 0 Å². The van der Waals surface area contributed by atoms with Crippen LogP contribution in [0, 0.1) is 5.92 Å². The first-order valence-corrected chi connectivity index (χ1v) is 5.29. The van der Waals surface area contributed by atoms with Crippen molar-refractivity contribution in [2.45, 2.75) is 52.1 Å². The van der Waals surface area contributed by atoms with Crippen molar-refractivity contribution < 1.29 is 0 Å². The number of hydrogen-bond donors (Lipinski definition) is 0. The highest BCUT2D eigenvalue weighted by Crippen LogP contribution is 2.41. The molecule has 0 radical (unpaired) electrons. The molecule has 2 atom stereocenters. The van der Waals surface area contributed by atoms with Gasteiger partial charge in [0.05, 0.1) is 0 Å². The van der Waals surface area contributed by atoms with Gasteiger partial charge in [0.2, 0.25) is 0 Å². The van der Waals surface area contributed by atoms with Gasteiger partial charge in [-0.25, -0.2) is 0 Å². The van der Waals surface area contributed by atoms with Crippen LogP contribution in [-0.4, -0.2) is 17.1 Å². The Labute approximate surface area is 80.2 Å². The molecule has 0 saturated heterocycles. The molecular formula is C11H18N2. The number of aliphatic imine (C=N–C) groups is 2. The average molecular weight is 178 g/mol. The molecule has 2 unspecified atom stereocenters. The fraction of sp³-hybridized carbons (Fsp3) is 0.818. The molecule has 0 fully saturated rings. The van der Waals surface area contributed by atoms with E-state index < -0.39 is 0 Å². The maximum atomic E-state index is 4.66. The fourth-order valence-electron chi connectivity index (χ4n) is 2.35. The summed E-state index contributed by atoms with van der Waals surface area (Å²) in [4.78, 5) is 9.14. The van der Waals surface area contributed by atoms with Crippen LogP contribution in [0.3, 0.4) is 0 Å². The quantitative estimate of drug-likeness (QED) is 0.635. The van der Waals surface area contributed by atoms with E-state index in [1.807, 2.05) is 0 Å². The zero-order valence-corrected chi connectivity index (χ0v) is 8.80. The molecule has 2 rings (SSSR count).